The molecule has 0 saturated heterocycles. The van der Waals surface area contributed by atoms with Crippen LogP contribution in [0.15, 0.2) is 47.0 Å². The third kappa shape index (κ3) is 2.62. The van der Waals surface area contributed by atoms with Gasteiger partial charge in [0.05, 0.1) is 6.26 Å². The fraction of sp³-hybridized carbons (Fsp3) is 0.0769. The van der Waals surface area contributed by atoms with Crippen molar-refractivity contribution in [2.24, 2.45) is 0 Å². The zero-order valence-corrected chi connectivity index (χ0v) is 11.3. The van der Waals surface area contributed by atoms with Crippen LogP contribution in [0.25, 0.3) is 22.7 Å². The number of oxazole rings is 1. The molecule has 0 aliphatic rings. The predicted octanol–water partition coefficient (Wildman–Crippen LogP) is 2.23. The first kappa shape index (κ1) is 12.6. The molecule has 0 aliphatic carbocycles. The smallest absolute Gasteiger partial charge is 0.306 e. The van der Waals surface area contributed by atoms with Gasteiger partial charge in [-0.3, -0.25) is 4.98 Å². The third-order valence-corrected chi connectivity index (χ3v) is 2.99. The maximum atomic E-state index is 11.1. The predicted molar refractivity (Wildman–Crippen MR) is 72.7 cm³/mol. The molecule has 0 aliphatic heterocycles. The van der Waals surface area contributed by atoms with Crippen molar-refractivity contribution in [1.29, 1.82) is 0 Å². The average molecular weight is 290 g/mol. The minimum atomic E-state index is -3.57. The first-order valence-corrected chi connectivity index (χ1v) is 7.54. The van der Waals surface area contributed by atoms with Gasteiger partial charge in [-0.05, 0) is 24.3 Å². The number of hydrogen-bond acceptors (Lipinski definition) is 6. The summed E-state index contributed by atoms with van der Waals surface area (Å²) in [6.07, 6.45) is 2.62. The molecule has 0 atom stereocenters. The van der Waals surface area contributed by atoms with Crippen LogP contribution in [-0.2, 0) is 10.1 Å². The van der Waals surface area contributed by atoms with E-state index in [1.807, 2.05) is 6.07 Å². The SMILES string of the molecule is CS(=O)(=O)Oc1ccc2nc(-c3ccccn3)oc2c1. The van der Waals surface area contributed by atoms with E-state index in [-0.39, 0.29) is 5.75 Å². The van der Waals surface area contributed by atoms with Gasteiger partial charge in [-0.1, -0.05) is 6.07 Å². The van der Waals surface area contributed by atoms with Gasteiger partial charge >= 0.3 is 10.1 Å². The van der Waals surface area contributed by atoms with Gasteiger partial charge in [-0.2, -0.15) is 8.42 Å². The lowest BCUT2D eigenvalue weighted by Gasteiger charge is -2.00. The zero-order valence-electron chi connectivity index (χ0n) is 10.5. The van der Waals surface area contributed by atoms with Crippen molar-refractivity contribution in [2.75, 3.05) is 6.26 Å². The summed E-state index contributed by atoms with van der Waals surface area (Å²) in [6.45, 7) is 0. The van der Waals surface area contributed by atoms with Gasteiger partial charge in [0.15, 0.2) is 5.58 Å². The third-order valence-electron chi connectivity index (χ3n) is 2.49. The number of benzene rings is 1. The Morgan fingerprint density at radius 1 is 1.20 bits per heavy atom. The minimum Gasteiger partial charge on any atom is -0.435 e. The fourth-order valence-electron chi connectivity index (χ4n) is 1.73. The molecule has 0 saturated carbocycles. The highest BCUT2D eigenvalue weighted by atomic mass is 32.2. The van der Waals surface area contributed by atoms with E-state index in [1.165, 1.54) is 12.1 Å². The summed E-state index contributed by atoms with van der Waals surface area (Å²) in [6, 6.07) is 10.0. The van der Waals surface area contributed by atoms with Crippen molar-refractivity contribution in [1.82, 2.24) is 9.97 Å². The lowest BCUT2D eigenvalue weighted by atomic mass is 10.3. The summed E-state index contributed by atoms with van der Waals surface area (Å²) in [5.41, 5.74) is 1.65. The zero-order chi connectivity index (χ0) is 14.2. The van der Waals surface area contributed by atoms with Crippen molar-refractivity contribution in [2.45, 2.75) is 0 Å². The van der Waals surface area contributed by atoms with Crippen molar-refractivity contribution < 1.29 is 17.0 Å². The van der Waals surface area contributed by atoms with E-state index in [9.17, 15) is 8.42 Å². The maximum absolute atomic E-state index is 11.1. The molecule has 102 valence electrons. The maximum Gasteiger partial charge on any atom is 0.306 e. The molecule has 0 N–H and O–H groups in total. The summed E-state index contributed by atoms with van der Waals surface area (Å²) in [5, 5.41) is 0. The molecule has 2 heterocycles. The van der Waals surface area contributed by atoms with E-state index in [0.717, 1.165) is 6.26 Å². The average Bonchev–Trinajstić information content (AvgIpc) is 2.81. The number of nitrogens with zero attached hydrogens (tertiary/aromatic N) is 2. The second kappa shape index (κ2) is 4.61. The first-order chi connectivity index (χ1) is 9.51. The molecule has 3 aromatic rings. The summed E-state index contributed by atoms with van der Waals surface area (Å²) in [7, 11) is -3.57. The summed E-state index contributed by atoms with van der Waals surface area (Å²) in [4.78, 5) is 8.43. The standard InChI is InChI=1S/C13H10N2O4S/c1-20(16,17)19-9-5-6-10-12(8-9)18-13(15-10)11-4-2-3-7-14-11/h2-8H,1H3. The van der Waals surface area contributed by atoms with Gasteiger partial charge in [0.1, 0.15) is 17.0 Å². The van der Waals surface area contributed by atoms with Crippen LogP contribution >= 0.6 is 0 Å². The van der Waals surface area contributed by atoms with Crippen molar-refractivity contribution in [3.63, 3.8) is 0 Å². The van der Waals surface area contributed by atoms with E-state index in [0.29, 0.717) is 22.7 Å². The highest BCUT2D eigenvalue weighted by Crippen LogP contribution is 2.26. The quantitative estimate of drug-likeness (QED) is 0.688. The molecule has 0 amide bonds. The van der Waals surface area contributed by atoms with Gasteiger partial charge in [0.2, 0.25) is 5.89 Å². The van der Waals surface area contributed by atoms with Crippen LogP contribution < -0.4 is 4.18 Å². The van der Waals surface area contributed by atoms with Crippen LogP contribution in [0.2, 0.25) is 0 Å². The largest absolute Gasteiger partial charge is 0.435 e. The molecule has 0 unspecified atom stereocenters. The van der Waals surface area contributed by atoms with Crippen molar-refractivity contribution >= 4 is 21.2 Å². The Bertz CT molecular complexity index is 856. The van der Waals surface area contributed by atoms with Crippen LogP contribution in [0, 0.1) is 0 Å². The lowest BCUT2D eigenvalue weighted by molar-refractivity contribution is 0.492. The van der Waals surface area contributed by atoms with Crippen LogP contribution in [0.5, 0.6) is 5.75 Å². The van der Waals surface area contributed by atoms with E-state index < -0.39 is 10.1 Å². The molecule has 1 aromatic carbocycles. The number of hydrogen-bond donors (Lipinski definition) is 0. The summed E-state index contributed by atoms with van der Waals surface area (Å²) >= 11 is 0. The highest BCUT2D eigenvalue weighted by molar-refractivity contribution is 7.86. The van der Waals surface area contributed by atoms with Gasteiger partial charge in [-0.25, -0.2) is 4.98 Å². The fourth-order valence-corrected chi connectivity index (χ4v) is 2.18. The molecule has 3 rings (SSSR count). The Labute approximate surface area is 115 Å². The molecule has 0 bridgehead atoms. The molecular weight excluding hydrogens is 280 g/mol. The summed E-state index contributed by atoms with van der Waals surface area (Å²) in [5.74, 6) is 0.556. The Hall–Kier alpha value is -2.41. The van der Waals surface area contributed by atoms with Gasteiger partial charge in [-0.15, -0.1) is 0 Å². The van der Waals surface area contributed by atoms with Crippen molar-refractivity contribution in [3.8, 4) is 17.3 Å². The van der Waals surface area contributed by atoms with Crippen LogP contribution in [-0.4, -0.2) is 24.6 Å². The molecular formula is C13H10N2O4S. The summed E-state index contributed by atoms with van der Waals surface area (Å²) < 4.78 is 32.5. The first-order valence-electron chi connectivity index (χ1n) is 5.73. The Morgan fingerprint density at radius 3 is 2.75 bits per heavy atom. The molecule has 7 heteroatoms. The van der Waals surface area contributed by atoms with Gasteiger partial charge in [0, 0.05) is 12.3 Å². The number of aromatic nitrogens is 2. The number of rotatable bonds is 3. The van der Waals surface area contributed by atoms with Crippen LogP contribution in [0.1, 0.15) is 0 Å². The molecule has 2 aromatic heterocycles. The van der Waals surface area contributed by atoms with Gasteiger partial charge in [0.25, 0.3) is 0 Å². The monoisotopic (exact) mass is 290 g/mol. The van der Waals surface area contributed by atoms with E-state index in [4.69, 9.17) is 8.60 Å². The Kier molecular flexibility index (Phi) is 2.90. The normalized spacial score (nSPS) is 11.7. The molecule has 0 radical (unpaired) electrons. The van der Waals surface area contributed by atoms with Crippen LogP contribution in [0.3, 0.4) is 0 Å². The molecule has 6 nitrogen and oxygen atoms in total. The Balaban J connectivity index is 2.04. The minimum absolute atomic E-state index is 0.184. The van der Waals surface area contributed by atoms with E-state index in [1.54, 1.807) is 24.4 Å². The number of fused-ring (bicyclic) bond motifs is 1. The van der Waals surface area contributed by atoms with Crippen molar-refractivity contribution in [3.05, 3.63) is 42.6 Å². The van der Waals surface area contributed by atoms with Gasteiger partial charge < -0.3 is 8.60 Å². The molecule has 20 heavy (non-hydrogen) atoms. The van der Waals surface area contributed by atoms with E-state index in [2.05, 4.69) is 9.97 Å². The lowest BCUT2D eigenvalue weighted by Crippen LogP contribution is -2.05. The number of pyridine rings is 1. The molecule has 0 fully saturated rings. The Morgan fingerprint density at radius 2 is 2.05 bits per heavy atom. The highest BCUT2D eigenvalue weighted by Gasteiger charge is 2.11. The van der Waals surface area contributed by atoms with Crippen LogP contribution in [0.4, 0.5) is 0 Å². The molecule has 0 spiro atoms. The topological polar surface area (TPSA) is 82.3 Å². The second-order valence-electron chi connectivity index (χ2n) is 4.15. The van der Waals surface area contributed by atoms with E-state index >= 15 is 0 Å². The second-order valence-corrected chi connectivity index (χ2v) is 5.73.